The SMILES string of the molecule is Cc1ccc(S(=O)(=O)NNC(=O)Cc2ccc3ccccc3c2)cc1[N+](=O)[O-]. The average molecular weight is 399 g/mol. The monoisotopic (exact) mass is 399 g/mol. The molecule has 3 rings (SSSR count). The van der Waals surface area contributed by atoms with Gasteiger partial charge in [0, 0.05) is 11.6 Å². The molecule has 0 aliphatic heterocycles. The molecule has 8 nitrogen and oxygen atoms in total. The number of hydrazine groups is 1. The predicted molar refractivity (Wildman–Crippen MR) is 104 cm³/mol. The lowest BCUT2D eigenvalue weighted by atomic mass is 10.1. The van der Waals surface area contributed by atoms with Crippen LogP contribution in [-0.2, 0) is 21.2 Å². The van der Waals surface area contributed by atoms with E-state index < -0.39 is 20.9 Å². The molecule has 1 amide bonds. The number of nitro groups is 1. The molecule has 0 aliphatic rings. The Labute approximate surface area is 161 Å². The summed E-state index contributed by atoms with van der Waals surface area (Å²) in [6.07, 6.45) is -0.0264. The lowest BCUT2D eigenvalue weighted by Crippen LogP contribution is -2.42. The zero-order valence-electron chi connectivity index (χ0n) is 14.9. The summed E-state index contributed by atoms with van der Waals surface area (Å²) < 4.78 is 24.6. The molecule has 0 saturated heterocycles. The van der Waals surface area contributed by atoms with Crippen molar-refractivity contribution in [2.45, 2.75) is 18.2 Å². The van der Waals surface area contributed by atoms with E-state index in [1.165, 1.54) is 19.1 Å². The number of hydrogen-bond donors (Lipinski definition) is 2. The van der Waals surface area contributed by atoms with Crippen molar-refractivity contribution in [3.63, 3.8) is 0 Å². The van der Waals surface area contributed by atoms with Crippen LogP contribution in [0.3, 0.4) is 0 Å². The predicted octanol–water partition coefficient (Wildman–Crippen LogP) is 2.61. The van der Waals surface area contributed by atoms with E-state index in [1.54, 1.807) is 6.07 Å². The number of aryl methyl sites for hydroxylation is 1. The van der Waals surface area contributed by atoms with Crippen molar-refractivity contribution in [1.29, 1.82) is 0 Å². The first-order chi connectivity index (χ1) is 13.3. The first kappa shape index (κ1) is 19.5. The third-order valence-electron chi connectivity index (χ3n) is 4.19. The van der Waals surface area contributed by atoms with Gasteiger partial charge >= 0.3 is 0 Å². The van der Waals surface area contributed by atoms with E-state index in [0.29, 0.717) is 5.56 Å². The number of benzene rings is 3. The van der Waals surface area contributed by atoms with E-state index in [9.17, 15) is 23.3 Å². The van der Waals surface area contributed by atoms with Crippen molar-refractivity contribution in [3.05, 3.63) is 81.9 Å². The summed E-state index contributed by atoms with van der Waals surface area (Å²) in [7, 11) is -4.14. The molecule has 28 heavy (non-hydrogen) atoms. The fourth-order valence-electron chi connectivity index (χ4n) is 2.71. The molecule has 0 saturated carbocycles. The minimum absolute atomic E-state index is 0.0264. The van der Waals surface area contributed by atoms with Gasteiger partial charge < -0.3 is 0 Å². The first-order valence-corrected chi connectivity index (χ1v) is 9.78. The van der Waals surface area contributed by atoms with Crippen LogP contribution in [0.1, 0.15) is 11.1 Å². The van der Waals surface area contributed by atoms with E-state index in [1.807, 2.05) is 41.2 Å². The van der Waals surface area contributed by atoms with Gasteiger partial charge in [0.2, 0.25) is 5.91 Å². The quantitative estimate of drug-likeness (QED) is 0.488. The van der Waals surface area contributed by atoms with Crippen molar-refractivity contribution in [3.8, 4) is 0 Å². The van der Waals surface area contributed by atoms with E-state index in [0.717, 1.165) is 22.4 Å². The molecule has 3 aromatic rings. The summed E-state index contributed by atoms with van der Waals surface area (Å²) in [6.45, 7) is 1.51. The topological polar surface area (TPSA) is 118 Å². The maximum atomic E-state index is 12.3. The van der Waals surface area contributed by atoms with E-state index in [4.69, 9.17) is 0 Å². The smallest absolute Gasteiger partial charge is 0.273 e. The normalized spacial score (nSPS) is 11.3. The third kappa shape index (κ3) is 4.33. The second-order valence-corrected chi connectivity index (χ2v) is 7.90. The summed E-state index contributed by atoms with van der Waals surface area (Å²) in [5.74, 6) is -0.555. The molecular weight excluding hydrogens is 382 g/mol. The number of carbonyl (C=O) groups is 1. The molecular formula is C19H17N3O5S. The van der Waals surface area contributed by atoms with Crippen LogP contribution in [0.25, 0.3) is 10.8 Å². The number of fused-ring (bicyclic) bond motifs is 1. The Bertz CT molecular complexity index is 1180. The van der Waals surface area contributed by atoms with Gasteiger partial charge in [-0.3, -0.25) is 20.3 Å². The maximum Gasteiger partial charge on any atom is 0.273 e. The number of hydrogen-bond acceptors (Lipinski definition) is 5. The average Bonchev–Trinajstić information content (AvgIpc) is 2.66. The Hall–Kier alpha value is -3.30. The van der Waals surface area contributed by atoms with Gasteiger partial charge in [0.05, 0.1) is 16.2 Å². The summed E-state index contributed by atoms with van der Waals surface area (Å²) in [5, 5.41) is 13.0. The maximum absolute atomic E-state index is 12.3. The molecule has 0 atom stereocenters. The zero-order chi connectivity index (χ0) is 20.3. The lowest BCUT2D eigenvalue weighted by molar-refractivity contribution is -0.385. The van der Waals surface area contributed by atoms with Crippen molar-refractivity contribution in [2.24, 2.45) is 0 Å². The van der Waals surface area contributed by atoms with E-state index in [-0.39, 0.29) is 17.0 Å². The van der Waals surface area contributed by atoms with Crippen molar-refractivity contribution in [2.75, 3.05) is 0 Å². The number of amides is 1. The summed E-state index contributed by atoms with van der Waals surface area (Å²) in [5.41, 5.74) is 2.88. The van der Waals surface area contributed by atoms with Crippen LogP contribution in [-0.4, -0.2) is 19.2 Å². The number of nitrogens with one attached hydrogen (secondary N) is 2. The fourth-order valence-corrected chi connectivity index (χ4v) is 3.59. The molecule has 3 aromatic carbocycles. The van der Waals surface area contributed by atoms with E-state index >= 15 is 0 Å². The molecule has 0 spiro atoms. The van der Waals surface area contributed by atoms with Gasteiger partial charge in [0.1, 0.15) is 0 Å². The standard InChI is InChI=1S/C19H17N3O5S/c1-13-6-9-17(12-18(13)22(24)25)28(26,27)21-20-19(23)11-14-7-8-15-4-2-3-5-16(15)10-14/h2-10,12,21H,11H2,1H3,(H,20,23). The number of nitro benzene ring substituents is 1. The second-order valence-electron chi connectivity index (χ2n) is 6.22. The molecule has 144 valence electrons. The second kappa shape index (κ2) is 7.75. The Balaban J connectivity index is 1.69. The van der Waals surface area contributed by atoms with Crippen LogP contribution in [0.15, 0.2) is 65.6 Å². The number of nitrogens with zero attached hydrogens (tertiary/aromatic N) is 1. The van der Waals surface area contributed by atoms with Gasteiger partial charge in [0.25, 0.3) is 15.7 Å². The van der Waals surface area contributed by atoms with Gasteiger partial charge in [0.15, 0.2) is 0 Å². The van der Waals surface area contributed by atoms with Crippen LogP contribution < -0.4 is 10.3 Å². The van der Waals surface area contributed by atoms with Crippen LogP contribution in [0.5, 0.6) is 0 Å². The largest absolute Gasteiger partial charge is 0.277 e. The minimum atomic E-state index is -4.14. The van der Waals surface area contributed by atoms with Crippen LogP contribution in [0.4, 0.5) is 5.69 Å². The molecule has 9 heteroatoms. The molecule has 0 aliphatic carbocycles. The van der Waals surface area contributed by atoms with Gasteiger partial charge in [-0.2, -0.15) is 0 Å². The van der Waals surface area contributed by atoms with Crippen LogP contribution >= 0.6 is 0 Å². The third-order valence-corrected chi connectivity index (χ3v) is 5.44. The number of rotatable bonds is 6. The molecule has 2 N–H and O–H groups in total. The highest BCUT2D eigenvalue weighted by Crippen LogP contribution is 2.22. The van der Waals surface area contributed by atoms with Gasteiger partial charge in [-0.25, -0.2) is 8.42 Å². The molecule has 0 heterocycles. The highest BCUT2D eigenvalue weighted by atomic mass is 32.2. The van der Waals surface area contributed by atoms with E-state index in [2.05, 4.69) is 5.43 Å². The zero-order valence-corrected chi connectivity index (χ0v) is 15.7. The first-order valence-electron chi connectivity index (χ1n) is 8.29. The number of carbonyl (C=O) groups excluding carboxylic acids is 1. The van der Waals surface area contributed by atoms with Gasteiger partial charge in [-0.05, 0) is 29.3 Å². The van der Waals surface area contributed by atoms with Crippen molar-refractivity contribution >= 4 is 32.4 Å². The molecule has 0 bridgehead atoms. The molecule has 0 aromatic heterocycles. The van der Waals surface area contributed by atoms with Crippen molar-refractivity contribution in [1.82, 2.24) is 10.3 Å². The highest BCUT2D eigenvalue weighted by Gasteiger charge is 2.20. The van der Waals surface area contributed by atoms with Gasteiger partial charge in [-0.15, -0.1) is 4.83 Å². The Kier molecular flexibility index (Phi) is 5.39. The van der Waals surface area contributed by atoms with Gasteiger partial charge in [-0.1, -0.05) is 48.5 Å². The molecule has 0 unspecified atom stereocenters. The van der Waals surface area contributed by atoms with Crippen LogP contribution in [0.2, 0.25) is 0 Å². The summed E-state index contributed by atoms with van der Waals surface area (Å²) in [6, 6.07) is 16.7. The Morgan fingerprint density at radius 2 is 1.75 bits per heavy atom. The lowest BCUT2D eigenvalue weighted by Gasteiger charge is -2.09. The van der Waals surface area contributed by atoms with Crippen molar-refractivity contribution < 1.29 is 18.1 Å². The Morgan fingerprint density at radius 3 is 2.46 bits per heavy atom. The molecule has 0 fully saturated rings. The highest BCUT2D eigenvalue weighted by molar-refractivity contribution is 7.89. The number of sulfonamides is 1. The summed E-state index contributed by atoms with van der Waals surface area (Å²) >= 11 is 0. The molecule has 0 radical (unpaired) electrons. The fraction of sp³-hybridized carbons (Fsp3) is 0.105. The van der Waals surface area contributed by atoms with Crippen LogP contribution in [0, 0.1) is 17.0 Å². The Morgan fingerprint density at radius 1 is 1.04 bits per heavy atom. The minimum Gasteiger partial charge on any atom is -0.277 e. The summed E-state index contributed by atoms with van der Waals surface area (Å²) in [4.78, 5) is 24.1.